The van der Waals surface area contributed by atoms with Crippen molar-refractivity contribution in [2.45, 2.75) is 13.0 Å². The minimum atomic E-state index is 0.189. The predicted molar refractivity (Wildman–Crippen MR) is 67.7 cm³/mol. The van der Waals surface area contributed by atoms with Crippen LogP contribution in [0, 0.1) is 0 Å². The Morgan fingerprint density at radius 2 is 2.27 bits per heavy atom. The molecule has 0 amide bonds. The fourth-order valence-corrected chi connectivity index (χ4v) is 1.54. The molecule has 0 aliphatic rings. The van der Waals surface area contributed by atoms with Gasteiger partial charge in [-0.25, -0.2) is 0 Å². The van der Waals surface area contributed by atoms with Crippen LogP contribution in [0.1, 0.15) is 18.5 Å². The van der Waals surface area contributed by atoms with Gasteiger partial charge in [-0.15, -0.1) is 0 Å². The Hall–Kier alpha value is -0.210. The fraction of sp³-hybridized carbons (Fsp3) is 0.273. The summed E-state index contributed by atoms with van der Waals surface area (Å²) in [6.45, 7) is 2.60. The Morgan fingerprint density at radius 1 is 1.53 bits per heavy atom. The summed E-state index contributed by atoms with van der Waals surface area (Å²) >= 11 is 17.1. The van der Waals surface area contributed by atoms with E-state index in [0.29, 0.717) is 11.6 Å². The molecule has 0 bridgehead atoms. The molecule has 0 fully saturated rings. The number of benzene rings is 1. The third kappa shape index (κ3) is 4.43. The van der Waals surface area contributed by atoms with Crippen molar-refractivity contribution in [3.05, 3.63) is 45.4 Å². The van der Waals surface area contributed by atoms with E-state index >= 15 is 0 Å². The van der Waals surface area contributed by atoms with Gasteiger partial charge in [0.05, 0.1) is 0 Å². The average molecular weight is 265 g/mol. The first kappa shape index (κ1) is 12.9. The molecule has 0 spiro atoms. The smallest absolute Gasteiger partial charge is 0.0432 e. The molecule has 15 heavy (non-hydrogen) atoms. The van der Waals surface area contributed by atoms with Gasteiger partial charge in [0.1, 0.15) is 0 Å². The molecule has 1 rings (SSSR count). The van der Waals surface area contributed by atoms with E-state index in [0.717, 1.165) is 10.6 Å². The number of rotatable bonds is 4. The summed E-state index contributed by atoms with van der Waals surface area (Å²) in [6.07, 6.45) is 0. The summed E-state index contributed by atoms with van der Waals surface area (Å²) in [5.74, 6) is 0. The SMILES string of the molecule is CC(NCC(Cl)=CCl)c1cccc(Cl)c1. The molecule has 82 valence electrons. The van der Waals surface area contributed by atoms with Crippen molar-refractivity contribution in [2.75, 3.05) is 6.54 Å². The zero-order valence-electron chi connectivity index (χ0n) is 8.31. The maximum absolute atomic E-state index is 5.89. The minimum absolute atomic E-state index is 0.189. The van der Waals surface area contributed by atoms with Gasteiger partial charge >= 0.3 is 0 Å². The van der Waals surface area contributed by atoms with Crippen LogP contribution < -0.4 is 5.32 Å². The second-order valence-corrected chi connectivity index (χ2v) is 4.35. The lowest BCUT2D eigenvalue weighted by Gasteiger charge is -2.13. The molecular weight excluding hydrogens is 252 g/mol. The molecule has 1 unspecified atom stereocenters. The topological polar surface area (TPSA) is 12.0 Å². The van der Waals surface area contributed by atoms with Crippen molar-refractivity contribution >= 4 is 34.8 Å². The fourth-order valence-electron chi connectivity index (χ4n) is 1.18. The molecule has 1 nitrogen and oxygen atoms in total. The molecule has 4 heteroatoms. The van der Waals surface area contributed by atoms with Crippen LogP contribution in [0.25, 0.3) is 0 Å². The van der Waals surface area contributed by atoms with Crippen LogP contribution >= 0.6 is 34.8 Å². The Morgan fingerprint density at radius 3 is 2.87 bits per heavy atom. The lowest BCUT2D eigenvalue weighted by atomic mass is 10.1. The van der Waals surface area contributed by atoms with Crippen LogP contribution in [0.4, 0.5) is 0 Å². The predicted octanol–water partition coefficient (Wildman–Crippen LogP) is 4.31. The first-order chi connectivity index (χ1) is 7.13. The van der Waals surface area contributed by atoms with Crippen molar-refractivity contribution in [2.24, 2.45) is 0 Å². The first-order valence-corrected chi connectivity index (χ1v) is 5.76. The Labute approximate surface area is 105 Å². The second-order valence-electron chi connectivity index (χ2n) is 3.21. The average Bonchev–Trinajstić information content (AvgIpc) is 2.25. The monoisotopic (exact) mass is 263 g/mol. The third-order valence-electron chi connectivity index (χ3n) is 2.04. The van der Waals surface area contributed by atoms with Gasteiger partial charge < -0.3 is 5.32 Å². The number of nitrogens with one attached hydrogen (secondary N) is 1. The maximum atomic E-state index is 5.89. The van der Waals surface area contributed by atoms with Crippen LogP contribution in [0.15, 0.2) is 34.8 Å². The largest absolute Gasteiger partial charge is 0.305 e. The van der Waals surface area contributed by atoms with Gasteiger partial charge in [0.15, 0.2) is 0 Å². The van der Waals surface area contributed by atoms with Crippen LogP contribution in [-0.2, 0) is 0 Å². The van der Waals surface area contributed by atoms with Gasteiger partial charge in [-0.3, -0.25) is 0 Å². The lowest BCUT2D eigenvalue weighted by Crippen LogP contribution is -2.19. The van der Waals surface area contributed by atoms with E-state index in [1.165, 1.54) is 5.54 Å². The standard InChI is InChI=1S/C11H12Cl3N/c1-8(15-7-11(14)6-12)9-3-2-4-10(13)5-9/h2-6,8,15H,7H2,1H3. The molecule has 0 radical (unpaired) electrons. The van der Waals surface area contributed by atoms with Gasteiger partial charge in [-0.2, -0.15) is 0 Å². The van der Waals surface area contributed by atoms with E-state index in [9.17, 15) is 0 Å². The zero-order chi connectivity index (χ0) is 11.3. The molecule has 1 N–H and O–H groups in total. The van der Waals surface area contributed by atoms with Crippen molar-refractivity contribution in [1.29, 1.82) is 0 Å². The highest BCUT2D eigenvalue weighted by molar-refractivity contribution is 6.36. The van der Waals surface area contributed by atoms with Crippen molar-refractivity contribution in [3.63, 3.8) is 0 Å². The normalized spacial score (nSPS) is 14.0. The molecule has 0 saturated carbocycles. The minimum Gasteiger partial charge on any atom is -0.305 e. The summed E-state index contributed by atoms with van der Waals surface area (Å²) in [4.78, 5) is 0. The Balaban J connectivity index is 2.57. The van der Waals surface area contributed by atoms with Crippen molar-refractivity contribution in [3.8, 4) is 0 Å². The van der Waals surface area contributed by atoms with Crippen molar-refractivity contribution < 1.29 is 0 Å². The maximum Gasteiger partial charge on any atom is 0.0432 e. The van der Waals surface area contributed by atoms with E-state index in [1.807, 2.05) is 31.2 Å². The number of hydrogen-bond acceptors (Lipinski definition) is 1. The summed E-state index contributed by atoms with van der Waals surface area (Å²) in [6, 6.07) is 7.91. The van der Waals surface area contributed by atoms with Gasteiger partial charge in [0.2, 0.25) is 0 Å². The van der Waals surface area contributed by atoms with Gasteiger partial charge in [0, 0.05) is 28.2 Å². The van der Waals surface area contributed by atoms with E-state index in [1.54, 1.807) is 0 Å². The molecule has 0 saturated heterocycles. The van der Waals surface area contributed by atoms with Gasteiger partial charge in [-0.05, 0) is 24.6 Å². The number of hydrogen-bond donors (Lipinski definition) is 1. The van der Waals surface area contributed by atoms with Crippen LogP contribution in [-0.4, -0.2) is 6.54 Å². The molecule has 1 aromatic rings. The van der Waals surface area contributed by atoms with Gasteiger partial charge in [-0.1, -0.05) is 46.9 Å². The summed E-state index contributed by atoms with van der Waals surface area (Å²) < 4.78 is 0. The van der Waals surface area contributed by atoms with E-state index in [-0.39, 0.29) is 6.04 Å². The van der Waals surface area contributed by atoms with Crippen molar-refractivity contribution in [1.82, 2.24) is 5.32 Å². The molecule has 0 aliphatic heterocycles. The third-order valence-corrected chi connectivity index (χ3v) is 2.90. The highest BCUT2D eigenvalue weighted by Gasteiger charge is 2.05. The number of halogens is 3. The van der Waals surface area contributed by atoms with E-state index < -0.39 is 0 Å². The molecule has 0 aromatic heterocycles. The molecule has 1 aromatic carbocycles. The lowest BCUT2D eigenvalue weighted by molar-refractivity contribution is 0.614. The van der Waals surface area contributed by atoms with E-state index in [4.69, 9.17) is 34.8 Å². The summed E-state index contributed by atoms with van der Waals surface area (Å²) in [5, 5.41) is 4.56. The summed E-state index contributed by atoms with van der Waals surface area (Å²) in [5.41, 5.74) is 2.49. The highest BCUT2D eigenvalue weighted by Crippen LogP contribution is 2.17. The Bertz CT molecular complexity index is 349. The summed E-state index contributed by atoms with van der Waals surface area (Å²) in [7, 11) is 0. The molecule has 0 heterocycles. The van der Waals surface area contributed by atoms with Crippen LogP contribution in [0.3, 0.4) is 0 Å². The quantitative estimate of drug-likeness (QED) is 0.854. The first-order valence-electron chi connectivity index (χ1n) is 4.57. The molecule has 0 aliphatic carbocycles. The highest BCUT2D eigenvalue weighted by atomic mass is 35.5. The van der Waals surface area contributed by atoms with Crippen LogP contribution in [0.5, 0.6) is 0 Å². The van der Waals surface area contributed by atoms with Gasteiger partial charge in [0.25, 0.3) is 0 Å². The van der Waals surface area contributed by atoms with Crippen LogP contribution in [0.2, 0.25) is 5.02 Å². The van der Waals surface area contributed by atoms with E-state index in [2.05, 4.69) is 5.32 Å². The second kappa shape index (κ2) is 6.39. The molecule has 1 atom stereocenters. The zero-order valence-corrected chi connectivity index (χ0v) is 10.6. The Kier molecular flexibility index (Phi) is 5.48. The molecular formula is C11H12Cl3N.